The Hall–Kier alpha value is -0.390. The Morgan fingerprint density at radius 3 is 2.59 bits per heavy atom. The molecule has 3 nitrogen and oxygen atoms in total. The van der Waals surface area contributed by atoms with Gasteiger partial charge in [-0.15, -0.1) is 0 Å². The Labute approximate surface area is 112 Å². The molecular weight excluding hydrogens is 302 g/mol. The van der Waals surface area contributed by atoms with E-state index >= 15 is 0 Å². The number of nitrogens with one attached hydrogen (secondary N) is 1. The van der Waals surface area contributed by atoms with Crippen molar-refractivity contribution >= 4 is 25.8 Å². The summed E-state index contributed by atoms with van der Waals surface area (Å²) in [4.78, 5) is 0. The molecular formula is C12H18BrNO2S. The lowest BCUT2D eigenvalue weighted by atomic mass is 10.1. The van der Waals surface area contributed by atoms with E-state index in [0.717, 1.165) is 4.47 Å². The molecule has 1 aromatic rings. The third-order valence-corrected chi connectivity index (χ3v) is 4.27. The molecule has 0 bridgehead atoms. The van der Waals surface area contributed by atoms with Gasteiger partial charge in [-0.3, -0.25) is 0 Å². The molecule has 17 heavy (non-hydrogen) atoms. The van der Waals surface area contributed by atoms with E-state index in [9.17, 15) is 8.42 Å². The normalized spacial score (nSPS) is 13.6. The van der Waals surface area contributed by atoms with Gasteiger partial charge in [-0.25, -0.2) is 8.42 Å². The summed E-state index contributed by atoms with van der Waals surface area (Å²) in [5.41, 5.74) is 1.19. The molecule has 0 radical (unpaired) electrons. The molecule has 0 aliphatic heterocycles. The van der Waals surface area contributed by atoms with Crippen molar-refractivity contribution < 1.29 is 8.42 Å². The molecule has 96 valence electrons. The fourth-order valence-corrected chi connectivity index (χ4v) is 2.89. The highest BCUT2D eigenvalue weighted by Crippen LogP contribution is 2.22. The summed E-state index contributed by atoms with van der Waals surface area (Å²) in [6.45, 7) is 2.77. The topological polar surface area (TPSA) is 46.2 Å². The Morgan fingerprint density at radius 2 is 2.00 bits per heavy atom. The first-order valence-corrected chi connectivity index (χ1v) is 8.41. The van der Waals surface area contributed by atoms with Gasteiger partial charge < -0.3 is 5.32 Å². The standard InChI is InChI=1S/C12H18BrNO2S/c1-10(11-6-3-4-7-12(11)13)14-8-5-9-17(2,15)16/h3-4,6-7,10,14H,5,8-9H2,1-2H3/t10-/m1/s1. The Kier molecular flexibility index (Phi) is 5.62. The maximum absolute atomic E-state index is 11.0. The second-order valence-electron chi connectivity index (χ2n) is 4.18. The first-order valence-electron chi connectivity index (χ1n) is 5.55. The van der Waals surface area contributed by atoms with Crippen LogP contribution in [-0.2, 0) is 9.84 Å². The van der Waals surface area contributed by atoms with E-state index in [2.05, 4.69) is 34.2 Å². The Bertz CT molecular complexity index is 459. The van der Waals surface area contributed by atoms with Crippen molar-refractivity contribution in [2.45, 2.75) is 19.4 Å². The van der Waals surface area contributed by atoms with Crippen LogP contribution in [0.4, 0.5) is 0 Å². The fourth-order valence-electron chi connectivity index (χ4n) is 1.59. The first-order chi connectivity index (χ1) is 7.90. The highest BCUT2D eigenvalue weighted by Gasteiger charge is 2.08. The van der Waals surface area contributed by atoms with Crippen molar-refractivity contribution in [3.8, 4) is 0 Å². The van der Waals surface area contributed by atoms with Gasteiger partial charge in [0.05, 0.1) is 5.75 Å². The maximum Gasteiger partial charge on any atom is 0.147 e. The van der Waals surface area contributed by atoms with Crippen molar-refractivity contribution in [3.05, 3.63) is 34.3 Å². The van der Waals surface area contributed by atoms with Gasteiger partial charge in [0.15, 0.2) is 0 Å². The van der Waals surface area contributed by atoms with E-state index in [0.29, 0.717) is 13.0 Å². The number of benzene rings is 1. The smallest absolute Gasteiger partial charge is 0.147 e. The second-order valence-corrected chi connectivity index (χ2v) is 7.29. The molecule has 0 unspecified atom stereocenters. The molecule has 0 fully saturated rings. The Morgan fingerprint density at radius 1 is 1.35 bits per heavy atom. The lowest BCUT2D eigenvalue weighted by Gasteiger charge is -2.15. The van der Waals surface area contributed by atoms with E-state index in [-0.39, 0.29) is 11.8 Å². The van der Waals surface area contributed by atoms with Crippen LogP contribution in [0.5, 0.6) is 0 Å². The summed E-state index contributed by atoms with van der Waals surface area (Å²) in [6.07, 6.45) is 1.91. The molecule has 0 aliphatic carbocycles. The van der Waals surface area contributed by atoms with Crippen molar-refractivity contribution in [1.29, 1.82) is 0 Å². The lowest BCUT2D eigenvalue weighted by Crippen LogP contribution is -2.22. The zero-order valence-electron chi connectivity index (χ0n) is 10.1. The average Bonchev–Trinajstić information content (AvgIpc) is 2.23. The largest absolute Gasteiger partial charge is 0.310 e. The highest BCUT2D eigenvalue weighted by molar-refractivity contribution is 9.10. The van der Waals surface area contributed by atoms with E-state index in [1.165, 1.54) is 11.8 Å². The number of hydrogen-bond donors (Lipinski definition) is 1. The molecule has 0 aromatic heterocycles. The van der Waals surface area contributed by atoms with Crippen molar-refractivity contribution in [3.63, 3.8) is 0 Å². The van der Waals surface area contributed by atoms with Crippen molar-refractivity contribution in [2.24, 2.45) is 0 Å². The van der Waals surface area contributed by atoms with Crippen LogP contribution in [0.15, 0.2) is 28.7 Å². The van der Waals surface area contributed by atoms with Gasteiger partial charge in [-0.2, -0.15) is 0 Å². The monoisotopic (exact) mass is 319 g/mol. The summed E-state index contributed by atoms with van der Waals surface area (Å²) in [7, 11) is -2.84. The van der Waals surface area contributed by atoms with Gasteiger partial charge in [0.2, 0.25) is 0 Å². The molecule has 0 saturated heterocycles. The molecule has 1 aromatic carbocycles. The zero-order chi connectivity index (χ0) is 12.9. The van der Waals surface area contributed by atoms with Crippen LogP contribution >= 0.6 is 15.9 Å². The fraction of sp³-hybridized carbons (Fsp3) is 0.500. The van der Waals surface area contributed by atoms with Crippen LogP contribution < -0.4 is 5.32 Å². The molecule has 0 heterocycles. The zero-order valence-corrected chi connectivity index (χ0v) is 12.5. The number of sulfone groups is 1. The Balaban J connectivity index is 2.41. The molecule has 0 spiro atoms. The first kappa shape index (κ1) is 14.7. The summed E-state index contributed by atoms with van der Waals surface area (Å²) < 4.78 is 23.0. The molecule has 5 heteroatoms. The van der Waals surface area contributed by atoms with Gasteiger partial charge in [0.1, 0.15) is 9.84 Å². The van der Waals surface area contributed by atoms with Gasteiger partial charge in [0, 0.05) is 16.8 Å². The van der Waals surface area contributed by atoms with Crippen LogP contribution in [-0.4, -0.2) is 27.0 Å². The van der Waals surface area contributed by atoms with Crippen LogP contribution in [0, 0.1) is 0 Å². The van der Waals surface area contributed by atoms with E-state index in [4.69, 9.17) is 0 Å². The van der Waals surface area contributed by atoms with Crippen LogP contribution in [0.25, 0.3) is 0 Å². The van der Waals surface area contributed by atoms with Crippen LogP contribution in [0.3, 0.4) is 0 Å². The summed E-state index contributed by atoms with van der Waals surface area (Å²) in [5.74, 6) is 0.239. The quantitative estimate of drug-likeness (QED) is 0.820. The predicted octanol–water partition coefficient (Wildman–Crippen LogP) is 2.53. The number of hydrogen-bond acceptors (Lipinski definition) is 3. The summed E-state index contributed by atoms with van der Waals surface area (Å²) >= 11 is 3.50. The molecule has 1 N–H and O–H groups in total. The van der Waals surface area contributed by atoms with Crippen molar-refractivity contribution in [1.82, 2.24) is 5.32 Å². The van der Waals surface area contributed by atoms with E-state index in [1.807, 2.05) is 18.2 Å². The molecule has 0 aliphatic rings. The van der Waals surface area contributed by atoms with Crippen molar-refractivity contribution in [2.75, 3.05) is 18.6 Å². The summed E-state index contributed by atoms with van der Waals surface area (Å²) in [5, 5.41) is 3.32. The molecule has 0 saturated carbocycles. The maximum atomic E-state index is 11.0. The predicted molar refractivity (Wildman–Crippen MR) is 74.9 cm³/mol. The van der Waals surface area contributed by atoms with Crippen LogP contribution in [0.2, 0.25) is 0 Å². The van der Waals surface area contributed by atoms with E-state index < -0.39 is 9.84 Å². The molecule has 1 rings (SSSR count). The lowest BCUT2D eigenvalue weighted by molar-refractivity contribution is 0.560. The minimum atomic E-state index is -2.84. The number of rotatable bonds is 6. The van der Waals surface area contributed by atoms with E-state index in [1.54, 1.807) is 0 Å². The van der Waals surface area contributed by atoms with Gasteiger partial charge in [-0.1, -0.05) is 34.1 Å². The highest BCUT2D eigenvalue weighted by atomic mass is 79.9. The minimum absolute atomic E-state index is 0.213. The second kappa shape index (κ2) is 6.52. The van der Waals surface area contributed by atoms with Gasteiger partial charge in [-0.05, 0) is 31.5 Å². The summed E-state index contributed by atoms with van der Waals surface area (Å²) in [6, 6.07) is 8.24. The molecule has 0 amide bonds. The third-order valence-electron chi connectivity index (χ3n) is 2.51. The average molecular weight is 320 g/mol. The minimum Gasteiger partial charge on any atom is -0.310 e. The SMILES string of the molecule is C[C@@H](NCCCS(C)(=O)=O)c1ccccc1Br. The molecule has 1 atom stereocenters. The van der Waals surface area contributed by atoms with Crippen LogP contribution in [0.1, 0.15) is 24.9 Å². The van der Waals surface area contributed by atoms with Gasteiger partial charge in [0.25, 0.3) is 0 Å². The van der Waals surface area contributed by atoms with Gasteiger partial charge >= 0.3 is 0 Å². The number of halogens is 1. The third kappa shape index (κ3) is 5.66.